The molecule has 1 saturated heterocycles. The van der Waals surface area contributed by atoms with Crippen molar-refractivity contribution in [2.24, 2.45) is 5.92 Å². The molecule has 5 nitrogen and oxygen atoms in total. The summed E-state index contributed by atoms with van der Waals surface area (Å²) >= 11 is 0. The first-order chi connectivity index (χ1) is 10.9. The molecule has 6 heteroatoms. The highest BCUT2D eigenvalue weighted by Crippen LogP contribution is 2.19. The van der Waals surface area contributed by atoms with Crippen LogP contribution < -0.4 is 10.6 Å². The largest absolute Gasteiger partial charge is 0.333 e. The summed E-state index contributed by atoms with van der Waals surface area (Å²) < 4.78 is 14.2. The normalized spacial score (nSPS) is 18.1. The van der Waals surface area contributed by atoms with Gasteiger partial charge in [0.05, 0.1) is 5.69 Å². The average molecular weight is 321 g/mol. The number of halogens is 1. The summed E-state index contributed by atoms with van der Waals surface area (Å²) in [4.78, 5) is 25.9. The average Bonchev–Trinajstić information content (AvgIpc) is 2.48. The van der Waals surface area contributed by atoms with Crippen LogP contribution in [0.1, 0.15) is 37.6 Å². The predicted octanol–water partition coefficient (Wildman–Crippen LogP) is 2.24. The van der Waals surface area contributed by atoms with Crippen molar-refractivity contribution in [2.75, 3.05) is 25.0 Å². The number of piperazine rings is 1. The molecule has 1 aromatic rings. The SMILES string of the molecule is CC(C)CC(=O)Nc1ccc(C(=O)N2CCNC[C@H]2C)cc1F. The second kappa shape index (κ2) is 7.55. The first kappa shape index (κ1) is 17.4. The van der Waals surface area contributed by atoms with Gasteiger partial charge in [-0.15, -0.1) is 0 Å². The van der Waals surface area contributed by atoms with Crippen molar-refractivity contribution in [2.45, 2.75) is 33.2 Å². The lowest BCUT2D eigenvalue weighted by molar-refractivity contribution is -0.116. The third kappa shape index (κ3) is 4.51. The molecule has 2 amide bonds. The van der Waals surface area contributed by atoms with Gasteiger partial charge in [-0.25, -0.2) is 4.39 Å². The Morgan fingerprint density at radius 1 is 1.43 bits per heavy atom. The third-order valence-electron chi connectivity index (χ3n) is 3.85. The number of hydrogen-bond donors (Lipinski definition) is 2. The highest BCUT2D eigenvalue weighted by molar-refractivity contribution is 5.96. The zero-order valence-corrected chi connectivity index (χ0v) is 13.9. The summed E-state index contributed by atoms with van der Waals surface area (Å²) in [5.74, 6) is -0.796. The Bertz CT molecular complexity index is 589. The number of benzene rings is 1. The van der Waals surface area contributed by atoms with Crippen LogP contribution in [0.5, 0.6) is 0 Å². The van der Waals surface area contributed by atoms with E-state index in [4.69, 9.17) is 0 Å². The van der Waals surface area contributed by atoms with E-state index >= 15 is 0 Å². The molecule has 0 spiro atoms. The van der Waals surface area contributed by atoms with Crippen LogP contribution in [0, 0.1) is 11.7 Å². The lowest BCUT2D eigenvalue weighted by atomic mass is 10.1. The summed E-state index contributed by atoms with van der Waals surface area (Å²) in [6.45, 7) is 7.88. The zero-order chi connectivity index (χ0) is 17.0. The van der Waals surface area contributed by atoms with E-state index in [0.29, 0.717) is 18.5 Å². The van der Waals surface area contributed by atoms with Crippen molar-refractivity contribution < 1.29 is 14.0 Å². The van der Waals surface area contributed by atoms with Gasteiger partial charge >= 0.3 is 0 Å². The van der Waals surface area contributed by atoms with E-state index in [-0.39, 0.29) is 29.5 Å². The first-order valence-corrected chi connectivity index (χ1v) is 7.99. The molecule has 0 aromatic heterocycles. The van der Waals surface area contributed by atoms with Crippen LogP contribution in [0.25, 0.3) is 0 Å². The summed E-state index contributed by atoms with van der Waals surface area (Å²) in [7, 11) is 0. The van der Waals surface area contributed by atoms with E-state index in [2.05, 4.69) is 10.6 Å². The minimum Gasteiger partial charge on any atom is -0.333 e. The number of carbonyl (C=O) groups excluding carboxylic acids is 2. The maximum atomic E-state index is 14.2. The van der Waals surface area contributed by atoms with E-state index in [1.165, 1.54) is 12.1 Å². The van der Waals surface area contributed by atoms with Crippen molar-refractivity contribution in [3.05, 3.63) is 29.6 Å². The summed E-state index contributed by atoms with van der Waals surface area (Å²) in [5, 5.41) is 5.76. The molecule has 0 bridgehead atoms. The van der Waals surface area contributed by atoms with Gasteiger partial charge in [0, 0.05) is 37.7 Å². The van der Waals surface area contributed by atoms with Gasteiger partial charge in [0.15, 0.2) is 0 Å². The maximum absolute atomic E-state index is 14.2. The highest BCUT2D eigenvalue weighted by atomic mass is 19.1. The van der Waals surface area contributed by atoms with Crippen molar-refractivity contribution in [3.8, 4) is 0 Å². The third-order valence-corrected chi connectivity index (χ3v) is 3.85. The molecule has 1 atom stereocenters. The molecular formula is C17H24FN3O2. The van der Waals surface area contributed by atoms with Crippen LogP contribution in [-0.2, 0) is 4.79 Å². The van der Waals surface area contributed by atoms with Crippen molar-refractivity contribution in [1.29, 1.82) is 0 Å². The topological polar surface area (TPSA) is 61.4 Å². The maximum Gasteiger partial charge on any atom is 0.254 e. The van der Waals surface area contributed by atoms with Crippen molar-refractivity contribution in [3.63, 3.8) is 0 Å². The van der Waals surface area contributed by atoms with Gasteiger partial charge in [0.2, 0.25) is 5.91 Å². The van der Waals surface area contributed by atoms with Crippen LogP contribution in [-0.4, -0.2) is 42.4 Å². The van der Waals surface area contributed by atoms with Gasteiger partial charge in [0.25, 0.3) is 5.91 Å². The molecule has 1 aromatic carbocycles. The van der Waals surface area contributed by atoms with Crippen LogP contribution in [0.4, 0.5) is 10.1 Å². The minimum atomic E-state index is -0.587. The van der Waals surface area contributed by atoms with Crippen molar-refractivity contribution >= 4 is 17.5 Å². The number of amides is 2. The van der Waals surface area contributed by atoms with Gasteiger partial charge in [-0.1, -0.05) is 13.8 Å². The molecule has 23 heavy (non-hydrogen) atoms. The molecule has 0 saturated carbocycles. The lowest BCUT2D eigenvalue weighted by Crippen LogP contribution is -2.52. The molecule has 0 radical (unpaired) electrons. The standard InChI is InChI=1S/C17H24FN3O2/c1-11(2)8-16(22)20-15-5-4-13(9-14(15)18)17(23)21-7-6-19-10-12(21)3/h4-5,9,11-12,19H,6-8,10H2,1-3H3,(H,20,22)/t12-/m1/s1. The fourth-order valence-electron chi connectivity index (χ4n) is 2.63. The molecular weight excluding hydrogens is 297 g/mol. The van der Waals surface area contributed by atoms with Crippen LogP contribution in [0.15, 0.2) is 18.2 Å². The quantitative estimate of drug-likeness (QED) is 0.894. The second-order valence-electron chi connectivity index (χ2n) is 6.39. The predicted molar refractivity (Wildman–Crippen MR) is 87.9 cm³/mol. The zero-order valence-electron chi connectivity index (χ0n) is 13.9. The Balaban J connectivity index is 2.09. The fraction of sp³-hybridized carbons (Fsp3) is 0.529. The molecule has 1 aliphatic heterocycles. The van der Waals surface area contributed by atoms with Gasteiger partial charge in [0.1, 0.15) is 5.82 Å². The fourth-order valence-corrected chi connectivity index (χ4v) is 2.63. The van der Waals surface area contributed by atoms with Gasteiger partial charge in [-0.3, -0.25) is 9.59 Å². The molecule has 0 aliphatic carbocycles. The number of rotatable bonds is 4. The Morgan fingerprint density at radius 2 is 2.17 bits per heavy atom. The molecule has 1 fully saturated rings. The Kier molecular flexibility index (Phi) is 5.71. The molecule has 2 rings (SSSR count). The Morgan fingerprint density at radius 3 is 2.78 bits per heavy atom. The van der Waals surface area contributed by atoms with E-state index in [1.807, 2.05) is 20.8 Å². The molecule has 1 heterocycles. The summed E-state index contributed by atoms with van der Waals surface area (Å²) in [6, 6.07) is 4.28. The molecule has 0 unspecified atom stereocenters. The summed E-state index contributed by atoms with van der Waals surface area (Å²) in [6.07, 6.45) is 0.332. The van der Waals surface area contributed by atoms with Gasteiger partial charge in [-0.2, -0.15) is 0 Å². The Hall–Kier alpha value is -1.95. The number of carbonyl (C=O) groups is 2. The van der Waals surface area contributed by atoms with Crippen molar-refractivity contribution in [1.82, 2.24) is 10.2 Å². The number of hydrogen-bond acceptors (Lipinski definition) is 3. The molecule has 1 aliphatic rings. The van der Waals surface area contributed by atoms with Crippen LogP contribution in [0.2, 0.25) is 0 Å². The van der Waals surface area contributed by atoms with E-state index in [0.717, 1.165) is 13.1 Å². The highest BCUT2D eigenvalue weighted by Gasteiger charge is 2.24. The van der Waals surface area contributed by atoms with E-state index < -0.39 is 5.82 Å². The van der Waals surface area contributed by atoms with E-state index in [9.17, 15) is 14.0 Å². The monoisotopic (exact) mass is 321 g/mol. The number of anilines is 1. The summed E-state index contributed by atoms with van der Waals surface area (Å²) in [5.41, 5.74) is 0.415. The number of nitrogens with zero attached hydrogens (tertiary/aromatic N) is 1. The van der Waals surface area contributed by atoms with Gasteiger partial charge in [-0.05, 0) is 31.0 Å². The number of nitrogens with one attached hydrogen (secondary N) is 2. The molecule has 126 valence electrons. The smallest absolute Gasteiger partial charge is 0.254 e. The molecule has 2 N–H and O–H groups in total. The Labute approximate surface area is 136 Å². The lowest BCUT2D eigenvalue weighted by Gasteiger charge is -2.34. The van der Waals surface area contributed by atoms with Crippen LogP contribution in [0.3, 0.4) is 0 Å². The second-order valence-corrected chi connectivity index (χ2v) is 6.39. The van der Waals surface area contributed by atoms with Gasteiger partial charge < -0.3 is 15.5 Å². The van der Waals surface area contributed by atoms with E-state index in [1.54, 1.807) is 11.0 Å². The minimum absolute atomic E-state index is 0.0738. The first-order valence-electron chi connectivity index (χ1n) is 7.99. The van der Waals surface area contributed by atoms with Crippen LogP contribution >= 0.6 is 0 Å².